The maximum absolute atomic E-state index is 4.29. The van der Waals surface area contributed by atoms with E-state index in [9.17, 15) is 0 Å². The van der Waals surface area contributed by atoms with Crippen molar-refractivity contribution in [3.63, 3.8) is 0 Å². The minimum atomic E-state index is 0.985. The molecule has 0 aliphatic rings. The minimum Gasteiger partial charge on any atom is -0.279 e. The summed E-state index contributed by atoms with van der Waals surface area (Å²) in [5, 5.41) is 6.73. The summed E-state index contributed by atoms with van der Waals surface area (Å²) in [7, 11) is 0. The highest BCUT2D eigenvalue weighted by Gasteiger charge is 1.96. The summed E-state index contributed by atoms with van der Waals surface area (Å²) in [6.45, 7) is 0. The van der Waals surface area contributed by atoms with Gasteiger partial charge in [-0.3, -0.25) is 5.43 Å². The molecular weight excluding hydrogens is 232 g/mol. The standard InChI is InChI=1S/C17H14N2/c1-2-10-16(11-3-1)19-18-13-15-9-6-8-14-7-4-5-12-17(14)15/h1-13,19H/b18-13-. The highest BCUT2D eigenvalue weighted by Crippen LogP contribution is 2.16. The molecule has 0 saturated carbocycles. The Bertz CT molecular complexity index is 697. The lowest BCUT2D eigenvalue weighted by atomic mass is 10.1. The second-order valence-corrected chi connectivity index (χ2v) is 4.30. The molecule has 0 radical (unpaired) electrons. The molecule has 3 aromatic rings. The highest BCUT2D eigenvalue weighted by molar-refractivity contribution is 5.99. The third kappa shape index (κ3) is 2.63. The number of hydrogen-bond donors (Lipinski definition) is 1. The monoisotopic (exact) mass is 246 g/mol. The van der Waals surface area contributed by atoms with Gasteiger partial charge in [0.15, 0.2) is 0 Å². The third-order valence-corrected chi connectivity index (χ3v) is 2.99. The number of nitrogens with one attached hydrogen (secondary N) is 1. The Morgan fingerprint density at radius 2 is 1.47 bits per heavy atom. The van der Waals surface area contributed by atoms with Crippen LogP contribution in [0.4, 0.5) is 5.69 Å². The zero-order valence-electron chi connectivity index (χ0n) is 10.5. The normalized spacial score (nSPS) is 10.9. The summed E-state index contributed by atoms with van der Waals surface area (Å²) < 4.78 is 0. The van der Waals surface area contributed by atoms with Crippen LogP contribution >= 0.6 is 0 Å². The first kappa shape index (κ1) is 11.5. The second-order valence-electron chi connectivity index (χ2n) is 4.30. The van der Waals surface area contributed by atoms with Crippen LogP contribution in [-0.2, 0) is 0 Å². The fourth-order valence-electron chi connectivity index (χ4n) is 2.05. The van der Waals surface area contributed by atoms with E-state index >= 15 is 0 Å². The zero-order valence-corrected chi connectivity index (χ0v) is 10.5. The van der Waals surface area contributed by atoms with Crippen LogP contribution in [0.25, 0.3) is 10.8 Å². The van der Waals surface area contributed by atoms with E-state index in [0.717, 1.165) is 11.3 Å². The quantitative estimate of drug-likeness (QED) is 0.541. The summed E-state index contributed by atoms with van der Waals surface area (Å²) in [5.74, 6) is 0. The van der Waals surface area contributed by atoms with Gasteiger partial charge in [0.05, 0.1) is 11.9 Å². The van der Waals surface area contributed by atoms with E-state index in [-0.39, 0.29) is 0 Å². The largest absolute Gasteiger partial charge is 0.279 e. The third-order valence-electron chi connectivity index (χ3n) is 2.99. The summed E-state index contributed by atoms with van der Waals surface area (Å²) in [5.41, 5.74) is 5.12. The molecule has 1 N–H and O–H groups in total. The molecule has 92 valence electrons. The molecule has 0 unspecified atom stereocenters. The van der Waals surface area contributed by atoms with Crippen molar-refractivity contribution in [3.8, 4) is 0 Å². The summed E-state index contributed by atoms with van der Waals surface area (Å²) in [4.78, 5) is 0. The van der Waals surface area contributed by atoms with Crippen molar-refractivity contribution in [1.29, 1.82) is 0 Å². The molecule has 2 heteroatoms. The first-order valence-electron chi connectivity index (χ1n) is 6.25. The van der Waals surface area contributed by atoms with Gasteiger partial charge in [-0.2, -0.15) is 5.10 Å². The van der Waals surface area contributed by atoms with E-state index in [4.69, 9.17) is 0 Å². The zero-order chi connectivity index (χ0) is 12.9. The lowest BCUT2D eigenvalue weighted by molar-refractivity contribution is 1.35. The van der Waals surface area contributed by atoms with Crippen molar-refractivity contribution >= 4 is 22.7 Å². The van der Waals surface area contributed by atoms with Gasteiger partial charge in [0.2, 0.25) is 0 Å². The van der Waals surface area contributed by atoms with E-state index in [2.05, 4.69) is 34.8 Å². The number of hydrazone groups is 1. The van der Waals surface area contributed by atoms with Gasteiger partial charge in [-0.05, 0) is 22.9 Å². The van der Waals surface area contributed by atoms with Crippen LogP contribution in [0, 0.1) is 0 Å². The Balaban J connectivity index is 1.85. The number of para-hydroxylation sites is 1. The van der Waals surface area contributed by atoms with Crippen LogP contribution in [0.2, 0.25) is 0 Å². The maximum atomic E-state index is 4.29. The fourth-order valence-corrected chi connectivity index (χ4v) is 2.05. The molecule has 0 fully saturated rings. The molecule has 19 heavy (non-hydrogen) atoms. The van der Waals surface area contributed by atoms with Crippen molar-refractivity contribution < 1.29 is 0 Å². The van der Waals surface area contributed by atoms with E-state index in [1.807, 2.05) is 54.7 Å². The van der Waals surface area contributed by atoms with Crippen LogP contribution in [0.1, 0.15) is 5.56 Å². The van der Waals surface area contributed by atoms with Gasteiger partial charge in [-0.1, -0.05) is 60.7 Å². The maximum Gasteiger partial charge on any atom is 0.0561 e. The molecule has 0 amide bonds. The molecule has 0 aliphatic heterocycles. The average molecular weight is 246 g/mol. The van der Waals surface area contributed by atoms with Gasteiger partial charge < -0.3 is 0 Å². The Hall–Kier alpha value is -2.61. The summed E-state index contributed by atoms with van der Waals surface area (Å²) >= 11 is 0. The first-order chi connectivity index (χ1) is 9.43. The van der Waals surface area contributed by atoms with Crippen molar-refractivity contribution in [2.75, 3.05) is 5.43 Å². The highest BCUT2D eigenvalue weighted by atomic mass is 15.3. The van der Waals surface area contributed by atoms with Crippen molar-refractivity contribution in [2.24, 2.45) is 5.10 Å². The number of fused-ring (bicyclic) bond motifs is 1. The summed E-state index contributed by atoms with van der Waals surface area (Å²) in [6, 6.07) is 24.5. The first-order valence-corrected chi connectivity index (χ1v) is 6.25. The van der Waals surface area contributed by atoms with E-state index < -0.39 is 0 Å². The van der Waals surface area contributed by atoms with Gasteiger partial charge >= 0.3 is 0 Å². The van der Waals surface area contributed by atoms with Gasteiger partial charge in [0.25, 0.3) is 0 Å². The molecule has 3 rings (SSSR count). The minimum absolute atomic E-state index is 0.985. The van der Waals surface area contributed by atoms with Crippen LogP contribution in [0.15, 0.2) is 77.9 Å². The van der Waals surface area contributed by atoms with Gasteiger partial charge in [-0.25, -0.2) is 0 Å². The number of hydrogen-bond acceptors (Lipinski definition) is 2. The summed E-state index contributed by atoms with van der Waals surface area (Å²) in [6.07, 6.45) is 1.86. The number of rotatable bonds is 3. The predicted molar refractivity (Wildman–Crippen MR) is 81.6 cm³/mol. The Kier molecular flexibility index (Phi) is 3.24. The van der Waals surface area contributed by atoms with Crippen molar-refractivity contribution in [1.82, 2.24) is 0 Å². The lowest BCUT2D eigenvalue weighted by Gasteiger charge is -2.02. The van der Waals surface area contributed by atoms with E-state index in [0.29, 0.717) is 0 Å². The fraction of sp³-hybridized carbons (Fsp3) is 0. The van der Waals surface area contributed by atoms with Crippen LogP contribution < -0.4 is 5.43 Å². The van der Waals surface area contributed by atoms with Crippen LogP contribution in [0.5, 0.6) is 0 Å². The second kappa shape index (κ2) is 5.36. The molecule has 0 aliphatic carbocycles. The number of benzene rings is 3. The Labute approximate surface area is 112 Å². The van der Waals surface area contributed by atoms with Crippen LogP contribution in [-0.4, -0.2) is 6.21 Å². The van der Waals surface area contributed by atoms with Gasteiger partial charge in [0.1, 0.15) is 0 Å². The van der Waals surface area contributed by atoms with Crippen LogP contribution in [0.3, 0.4) is 0 Å². The number of anilines is 1. The SMILES string of the molecule is C(=N/Nc1ccccc1)/c1cccc2ccccc12. The molecular formula is C17H14N2. The van der Waals surface area contributed by atoms with E-state index in [1.54, 1.807) is 0 Å². The molecule has 2 nitrogen and oxygen atoms in total. The molecule has 0 bridgehead atoms. The molecule has 0 heterocycles. The molecule has 0 spiro atoms. The smallest absolute Gasteiger partial charge is 0.0561 e. The molecule has 0 aromatic heterocycles. The molecule has 0 saturated heterocycles. The Morgan fingerprint density at radius 3 is 2.37 bits per heavy atom. The van der Waals surface area contributed by atoms with Gasteiger partial charge in [-0.15, -0.1) is 0 Å². The average Bonchev–Trinajstić information content (AvgIpc) is 2.49. The van der Waals surface area contributed by atoms with Crippen molar-refractivity contribution in [3.05, 3.63) is 78.4 Å². The topological polar surface area (TPSA) is 24.4 Å². The van der Waals surface area contributed by atoms with Gasteiger partial charge in [0, 0.05) is 5.56 Å². The molecule has 0 atom stereocenters. The molecule has 3 aromatic carbocycles. The van der Waals surface area contributed by atoms with Crippen molar-refractivity contribution in [2.45, 2.75) is 0 Å². The lowest BCUT2D eigenvalue weighted by Crippen LogP contribution is -1.90. The van der Waals surface area contributed by atoms with E-state index in [1.165, 1.54) is 10.8 Å². The number of nitrogens with zero attached hydrogens (tertiary/aromatic N) is 1. The Morgan fingerprint density at radius 1 is 0.737 bits per heavy atom. The predicted octanol–water partition coefficient (Wildman–Crippen LogP) is 4.29.